The monoisotopic (exact) mass is 856 g/mol. The molecule has 0 amide bonds. The van der Waals surface area contributed by atoms with Crippen LogP contribution in [0.2, 0.25) is 0 Å². The molecule has 0 aliphatic rings. The topological polar surface area (TPSA) is 36.9 Å². The summed E-state index contributed by atoms with van der Waals surface area (Å²) in [6, 6.07) is 43.0. The van der Waals surface area contributed by atoms with Crippen molar-refractivity contribution in [1.29, 1.82) is 0 Å². The Balaban J connectivity index is 1.15. The number of fused-ring (bicyclic) bond motifs is 3. The van der Waals surface area contributed by atoms with Crippen molar-refractivity contribution >= 4 is 77.5 Å². The maximum atomic E-state index is 6.17. The van der Waals surface area contributed by atoms with E-state index in [-0.39, 0.29) is 0 Å². The number of rotatable bonds is 11. The standard InChI is InChI=1S/C42H34I2O4/c1-45-31-17-13-27(14-18-31)41-33-11-5-6-12-34(33)42(36-24-30-10-4-3-9-29(30)23-35(36)41)28-15-19-32(20-16-28)47-21-7-8-22-48-40-26-37(43)39(46-2)25-38(40)44/h3-6,9-20,23-26H,7-8,21-22H2,1-2H3. The molecule has 0 spiro atoms. The van der Waals surface area contributed by atoms with Crippen molar-refractivity contribution in [1.82, 2.24) is 0 Å². The molecule has 0 fully saturated rings. The van der Waals surface area contributed by atoms with E-state index in [1.807, 2.05) is 24.3 Å². The van der Waals surface area contributed by atoms with E-state index in [4.69, 9.17) is 18.9 Å². The average Bonchev–Trinajstić information content (AvgIpc) is 3.12. The van der Waals surface area contributed by atoms with E-state index in [1.165, 1.54) is 49.0 Å². The lowest BCUT2D eigenvalue weighted by molar-refractivity contribution is 0.265. The molecule has 7 aromatic carbocycles. The summed E-state index contributed by atoms with van der Waals surface area (Å²) < 4.78 is 25.2. The Morgan fingerprint density at radius 2 is 0.938 bits per heavy atom. The first-order valence-corrected chi connectivity index (χ1v) is 18.1. The van der Waals surface area contributed by atoms with Gasteiger partial charge < -0.3 is 18.9 Å². The average molecular weight is 857 g/mol. The third-order valence-electron chi connectivity index (χ3n) is 8.68. The maximum absolute atomic E-state index is 6.17. The van der Waals surface area contributed by atoms with Crippen LogP contribution < -0.4 is 18.9 Å². The lowest BCUT2D eigenvalue weighted by Crippen LogP contribution is -2.04. The summed E-state index contributed by atoms with van der Waals surface area (Å²) in [5.41, 5.74) is 4.80. The largest absolute Gasteiger partial charge is 0.497 e. The summed E-state index contributed by atoms with van der Waals surface area (Å²) in [6.07, 6.45) is 1.81. The first-order valence-electron chi connectivity index (χ1n) is 15.9. The quantitative estimate of drug-likeness (QED) is 0.0738. The van der Waals surface area contributed by atoms with Crippen LogP contribution in [-0.4, -0.2) is 27.4 Å². The van der Waals surface area contributed by atoms with Gasteiger partial charge in [0.15, 0.2) is 0 Å². The summed E-state index contributed by atoms with van der Waals surface area (Å²) in [6.45, 7) is 1.27. The highest BCUT2D eigenvalue weighted by molar-refractivity contribution is 14.1. The normalized spacial score (nSPS) is 11.2. The predicted molar refractivity (Wildman–Crippen MR) is 215 cm³/mol. The molecule has 4 nitrogen and oxygen atoms in total. The third kappa shape index (κ3) is 6.65. The Morgan fingerprint density at radius 3 is 1.48 bits per heavy atom. The highest BCUT2D eigenvalue weighted by Gasteiger charge is 2.18. The number of hydrogen-bond donors (Lipinski definition) is 0. The van der Waals surface area contributed by atoms with Crippen molar-refractivity contribution in [2.75, 3.05) is 27.4 Å². The highest BCUT2D eigenvalue weighted by atomic mass is 127. The van der Waals surface area contributed by atoms with E-state index in [2.05, 4.69) is 142 Å². The number of unbranched alkanes of at least 4 members (excludes halogenated alkanes) is 1. The summed E-state index contributed by atoms with van der Waals surface area (Å²) in [7, 11) is 3.40. The molecule has 0 heterocycles. The molecule has 0 aliphatic carbocycles. The molecule has 0 radical (unpaired) electrons. The second-order valence-corrected chi connectivity index (χ2v) is 13.9. The fraction of sp³-hybridized carbons (Fsp3) is 0.143. The molecule has 0 atom stereocenters. The number of benzene rings is 7. The van der Waals surface area contributed by atoms with Crippen LogP contribution in [0.5, 0.6) is 23.0 Å². The zero-order valence-corrected chi connectivity index (χ0v) is 31.1. The minimum atomic E-state index is 0.633. The number of methoxy groups -OCH3 is 2. The molecule has 0 aliphatic heterocycles. The molecule has 48 heavy (non-hydrogen) atoms. The molecule has 7 aromatic rings. The van der Waals surface area contributed by atoms with Gasteiger partial charge in [0, 0.05) is 0 Å². The number of hydrogen-bond acceptors (Lipinski definition) is 4. The Hall–Kier alpha value is -4.02. The summed E-state index contributed by atoms with van der Waals surface area (Å²) in [5, 5.41) is 7.36. The second kappa shape index (κ2) is 14.6. The first kappa shape index (κ1) is 32.5. The van der Waals surface area contributed by atoms with E-state index >= 15 is 0 Å². The van der Waals surface area contributed by atoms with Crippen molar-refractivity contribution in [3.05, 3.63) is 128 Å². The van der Waals surface area contributed by atoms with E-state index < -0.39 is 0 Å². The van der Waals surface area contributed by atoms with Gasteiger partial charge in [-0.25, -0.2) is 0 Å². The maximum Gasteiger partial charge on any atom is 0.133 e. The zero-order valence-electron chi connectivity index (χ0n) is 26.8. The SMILES string of the molecule is COc1ccc(-c2c3ccccc3c(-c3ccc(OCCCCOc4cc(I)c(OC)cc4I)cc3)c3cc4ccccc4cc23)cc1. The van der Waals surface area contributed by atoms with Crippen LogP contribution in [0.15, 0.2) is 121 Å². The number of ether oxygens (including phenoxy) is 4. The Labute approximate surface area is 308 Å². The van der Waals surface area contributed by atoms with Crippen LogP contribution >= 0.6 is 45.2 Å². The molecule has 0 unspecified atom stereocenters. The van der Waals surface area contributed by atoms with Crippen LogP contribution in [0.25, 0.3) is 54.6 Å². The van der Waals surface area contributed by atoms with Gasteiger partial charge in [0.1, 0.15) is 23.0 Å². The van der Waals surface area contributed by atoms with Gasteiger partial charge in [0.05, 0.1) is 34.6 Å². The van der Waals surface area contributed by atoms with E-state index in [1.54, 1.807) is 14.2 Å². The minimum absolute atomic E-state index is 0.633. The molecule has 0 N–H and O–H groups in total. The molecular weight excluding hydrogens is 822 g/mol. The predicted octanol–water partition coefficient (Wildman–Crippen LogP) is 11.9. The summed E-state index contributed by atoms with van der Waals surface area (Å²) in [5.74, 6) is 3.48. The van der Waals surface area contributed by atoms with E-state index in [0.717, 1.165) is 48.5 Å². The molecule has 0 saturated heterocycles. The molecule has 7 rings (SSSR count). The smallest absolute Gasteiger partial charge is 0.133 e. The highest BCUT2D eigenvalue weighted by Crippen LogP contribution is 2.45. The van der Waals surface area contributed by atoms with Gasteiger partial charge in [0.25, 0.3) is 0 Å². The van der Waals surface area contributed by atoms with Crippen LogP contribution in [0.3, 0.4) is 0 Å². The lowest BCUT2D eigenvalue weighted by Gasteiger charge is -2.19. The van der Waals surface area contributed by atoms with Gasteiger partial charge >= 0.3 is 0 Å². The Kier molecular flexibility index (Phi) is 9.91. The Morgan fingerprint density at radius 1 is 0.458 bits per heavy atom. The van der Waals surface area contributed by atoms with Crippen LogP contribution in [-0.2, 0) is 0 Å². The fourth-order valence-corrected chi connectivity index (χ4v) is 7.57. The van der Waals surface area contributed by atoms with Gasteiger partial charge in [-0.15, -0.1) is 0 Å². The Bertz CT molecular complexity index is 2230. The van der Waals surface area contributed by atoms with E-state index in [0.29, 0.717) is 13.2 Å². The van der Waals surface area contributed by atoms with Gasteiger partial charge in [-0.05, 0) is 161 Å². The van der Waals surface area contributed by atoms with Crippen molar-refractivity contribution < 1.29 is 18.9 Å². The molecule has 240 valence electrons. The van der Waals surface area contributed by atoms with Crippen LogP contribution in [0.1, 0.15) is 12.8 Å². The fourth-order valence-electron chi connectivity index (χ4n) is 6.31. The van der Waals surface area contributed by atoms with Crippen molar-refractivity contribution in [2.45, 2.75) is 12.8 Å². The second-order valence-electron chi connectivity index (χ2n) is 11.6. The van der Waals surface area contributed by atoms with Gasteiger partial charge in [-0.2, -0.15) is 0 Å². The molecule has 6 heteroatoms. The van der Waals surface area contributed by atoms with Crippen molar-refractivity contribution in [3.63, 3.8) is 0 Å². The van der Waals surface area contributed by atoms with Crippen molar-refractivity contribution in [2.24, 2.45) is 0 Å². The minimum Gasteiger partial charge on any atom is -0.497 e. The van der Waals surface area contributed by atoms with Gasteiger partial charge in [-0.3, -0.25) is 0 Å². The van der Waals surface area contributed by atoms with Crippen LogP contribution in [0, 0.1) is 7.14 Å². The molecule has 0 saturated carbocycles. The number of halogens is 2. The summed E-state index contributed by atoms with van der Waals surface area (Å²) >= 11 is 4.56. The van der Waals surface area contributed by atoms with Gasteiger partial charge in [0.2, 0.25) is 0 Å². The molecular formula is C42H34I2O4. The van der Waals surface area contributed by atoms with E-state index in [9.17, 15) is 0 Å². The third-order valence-corrected chi connectivity index (χ3v) is 10.4. The molecule has 0 aromatic heterocycles. The lowest BCUT2D eigenvalue weighted by atomic mass is 9.85. The van der Waals surface area contributed by atoms with Crippen molar-refractivity contribution in [3.8, 4) is 45.3 Å². The zero-order chi connectivity index (χ0) is 33.0. The van der Waals surface area contributed by atoms with Gasteiger partial charge in [-0.1, -0.05) is 72.8 Å². The molecule has 0 bridgehead atoms. The van der Waals surface area contributed by atoms with Crippen LogP contribution in [0.4, 0.5) is 0 Å². The first-order chi connectivity index (χ1) is 23.5. The summed E-state index contributed by atoms with van der Waals surface area (Å²) in [4.78, 5) is 0.